The average Bonchev–Trinajstić information content (AvgIpc) is 3.41. The molecular formula is C28H33F3N2O3. The first-order valence-electron chi connectivity index (χ1n) is 12.3. The van der Waals surface area contributed by atoms with Crippen LogP contribution in [-0.2, 0) is 22.2 Å². The number of alkyl halides is 2. The van der Waals surface area contributed by atoms with Gasteiger partial charge in [0, 0.05) is 30.5 Å². The number of aryl methyl sites for hydroxylation is 1. The molecule has 0 radical (unpaired) electrons. The van der Waals surface area contributed by atoms with E-state index in [1.54, 1.807) is 12.1 Å². The normalized spacial score (nSPS) is 17.6. The van der Waals surface area contributed by atoms with E-state index >= 15 is 4.39 Å². The van der Waals surface area contributed by atoms with Gasteiger partial charge in [0.25, 0.3) is 0 Å². The third-order valence-electron chi connectivity index (χ3n) is 7.08. The molecule has 1 aliphatic carbocycles. The number of nitrogens with zero attached hydrogens (tertiary/aromatic N) is 1. The van der Waals surface area contributed by atoms with Crippen LogP contribution in [0.3, 0.4) is 0 Å². The Bertz CT molecular complexity index is 1360. The lowest BCUT2D eigenvalue weighted by Gasteiger charge is -2.22. The molecule has 0 unspecified atom stereocenters. The summed E-state index contributed by atoms with van der Waals surface area (Å²) in [5.74, 6) is -0.562. The Hall–Kier alpha value is -3.16. The number of anilines is 1. The minimum atomic E-state index is -3.73. The second-order valence-corrected chi connectivity index (χ2v) is 11.4. The summed E-state index contributed by atoms with van der Waals surface area (Å²) in [5.41, 5.74) is 1.50. The second-order valence-electron chi connectivity index (χ2n) is 11.4. The van der Waals surface area contributed by atoms with E-state index in [0.29, 0.717) is 24.3 Å². The summed E-state index contributed by atoms with van der Waals surface area (Å²) >= 11 is 0. The van der Waals surface area contributed by atoms with Crippen LogP contribution in [0, 0.1) is 11.7 Å². The maximum Gasteiger partial charge on any atom is 0.586 e. The monoisotopic (exact) mass is 502 g/mol. The molecule has 0 spiro atoms. The zero-order chi connectivity index (χ0) is 26.0. The van der Waals surface area contributed by atoms with Gasteiger partial charge in [-0.3, -0.25) is 4.79 Å². The third kappa shape index (κ3) is 4.31. The van der Waals surface area contributed by atoms with Gasteiger partial charge >= 0.3 is 6.29 Å². The summed E-state index contributed by atoms with van der Waals surface area (Å²) in [4.78, 5) is 13.3. The highest BCUT2D eigenvalue weighted by Crippen LogP contribution is 2.52. The number of hydrogen-bond acceptors (Lipinski definition) is 3. The molecule has 5 rings (SSSR count). The lowest BCUT2D eigenvalue weighted by molar-refractivity contribution is -0.286. The number of nitrogens with one attached hydrogen (secondary N) is 1. The fourth-order valence-corrected chi connectivity index (χ4v) is 4.89. The van der Waals surface area contributed by atoms with Crippen LogP contribution < -0.4 is 14.8 Å². The fraction of sp³-hybridized carbons (Fsp3) is 0.464. The molecule has 36 heavy (non-hydrogen) atoms. The number of amides is 1. The number of hydrogen-bond donors (Lipinski definition) is 1. The SMILES string of the molecule is CC(C)CCn1c(C(C)(C)C)cc2cc(NC(=O)C3(c4ccc5c(c4)OC(F)(F)O5)CC3)c(F)cc21.[HH]. The lowest BCUT2D eigenvalue weighted by Crippen LogP contribution is -2.28. The van der Waals surface area contributed by atoms with Gasteiger partial charge in [-0.15, -0.1) is 8.78 Å². The molecule has 8 heteroatoms. The van der Waals surface area contributed by atoms with Crippen molar-refractivity contribution in [3.8, 4) is 11.5 Å². The Balaban J connectivity index is 0.00000320. The zero-order valence-electron chi connectivity index (χ0n) is 21.2. The molecule has 1 N–H and O–H groups in total. The second kappa shape index (κ2) is 8.18. The van der Waals surface area contributed by atoms with Gasteiger partial charge in [0.15, 0.2) is 11.5 Å². The van der Waals surface area contributed by atoms with Gasteiger partial charge in [0.05, 0.1) is 16.6 Å². The van der Waals surface area contributed by atoms with Crippen molar-refractivity contribution in [1.29, 1.82) is 0 Å². The van der Waals surface area contributed by atoms with E-state index in [1.807, 2.05) is 0 Å². The Morgan fingerprint density at radius 3 is 2.44 bits per heavy atom. The van der Waals surface area contributed by atoms with Gasteiger partial charge in [0.1, 0.15) is 5.82 Å². The first-order chi connectivity index (χ1) is 16.8. The number of ether oxygens (including phenoxy) is 2. The highest BCUT2D eigenvalue weighted by Gasteiger charge is 2.53. The molecule has 0 atom stereocenters. The molecule has 2 heterocycles. The number of carbonyl (C=O) groups excluding carboxylic acids is 1. The summed E-state index contributed by atoms with van der Waals surface area (Å²) in [5, 5.41) is 3.62. The zero-order valence-corrected chi connectivity index (χ0v) is 21.2. The molecule has 1 fully saturated rings. The Labute approximate surface area is 210 Å². The number of aromatic nitrogens is 1. The maximum atomic E-state index is 15.3. The average molecular weight is 503 g/mol. The largest absolute Gasteiger partial charge is 0.586 e. The molecule has 0 saturated heterocycles. The van der Waals surface area contributed by atoms with Crippen molar-refractivity contribution < 1.29 is 28.9 Å². The summed E-state index contributed by atoms with van der Waals surface area (Å²) in [6.07, 6.45) is -1.70. The molecule has 1 aromatic heterocycles. The van der Waals surface area contributed by atoms with Crippen LogP contribution in [-0.4, -0.2) is 16.8 Å². The molecule has 5 nitrogen and oxygen atoms in total. The van der Waals surface area contributed by atoms with Crippen molar-refractivity contribution >= 4 is 22.5 Å². The van der Waals surface area contributed by atoms with Crippen LogP contribution >= 0.6 is 0 Å². The van der Waals surface area contributed by atoms with Gasteiger partial charge in [-0.1, -0.05) is 40.7 Å². The van der Waals surface area contributed by atoms with Gasteiger partial charge < -0.3 is 19.4 Å². The predicted octanol–water partition coefficient (Wildman–Crippen LogP) is 7.36. The van der Waals surface area contributed by atoms with E-state index in [-0.39, 0.29) is 29.9 Å². The predicted molar refractivity (Wildman–Crippen MR) is 134 cm³/mol. The van der Waals surface area contributed by atoms with Gasteiger partial charge in [-0.25, -0.2) is 4.39 Å². The molecule has 2 aliphatic rings. The first kappa shape index (κ1) is 24.5. The van der Waals surface area contributed by atoms with E-state index in [1.165, 1.54) is 18.2 Å². The Morgan fingerprint density at radius 1 is 1.11 bits per heavy atom. The Morgan fingerprint density at radius 2 is 1.81 bits per heavy atom. The summed E-state index contributed by atoms with van der Waals surface area (Å²) in [6, 6.07) is 9.60. The molecule has 1 saturated carbocycles. The van der Waals surface area contributed by atoms with E-state index < -0.39 is 17.5 Å². The number of rotatable bonds is 6. The summed E-state index contributed by atoms with van der Waals surface area (Å²) in [6.45, 7) is 11.5. The Kier molecular flexibility index (Phi) is 5.57. The molecule has 2 aromatic carbocycles. The minimum absolute atomic E-state index is 0. The molecule has 1 amide bonds. The highest BCUT2D eigenvalue weighted by atomic mass is 19.3. The van der Waals surface area contributed by atoms with Crippen molar-refractivity contribution in [2.75, 3.05) is 5.32 Å². The number of halogens is 3. The molecule has 194 valence electrons. The lowest BCUT2D eigenvalue weighted by atomic mass is 9.92. The van der Waals surface area contributed by atoms with Crippen molar-refractivity contribution in [2.24, 2.45) is 5.92 Å². The van der Waals surface area contributed by atoms with Gasteiger partial charge in [-0.2, -0.15) is 0 Å². The van der Waals surface area contributed by atoms with Crippen molar-refractivity contribution in [2.45, 2.75) is 77.6 Å². The smallest absolute Gasteiger partial charge is 0.395 e. The van der Waals surface area contributed by atoms with E-state index in [0.717, 1.165) is 29.6 Å². The van der Waals surface area contributed by atoms with E-state index in [9.17, 15) is 13.6 Å². The quantitative estimate of drug-likeness (QED) is 0.383. The van der Waals surface area contributed by atoms with Crippen molar-refractivity contribution in [3.63, 3.8) is 0 Å². The highest BCUT2D eigenvalue weighted by molar-refractivity contribution is 6.02. The standard InChI is InChI=1S/C28H31F3N2O3.H2/c1-16(2)8-11-33-21-15-19(29)20(12-17(21)13-24(33)26(3,4)5)32-25(34)27(9-10-27)18-6-7-22-23(14-18)36-28(30,31)35-22;/h6-7,12-16H,8-11H2,1-5H3,(H,32,34);1H. The van der Waals surface area contributed by atoms with Gasteiger partial charge in [0.2, 0.25) is 5.91 Å². The summed E-state index contributed by atoms with van der Waals surface area (Å²) in [7, 11) is 0. The minimum Gasteiger partial charge on any atom is -0.395 e. The van der Waals surface area contributed by atoms with Crippen LogP contribution in [0.15, 0.2) is 36.4 Å². The van der Waals surface area contributed by atoms with Crippen LogP contribution in [0.1, 0.15) is 66.6 Å². The third-order valence-corrected chi connectivity index (χ3v) is 7.08. The van der Waals surface area contributed by atoms with Gasteiger partial charge in [-0.05, 0) is 55.0 Å². The number of carbonyl (C=O) groups is 1. The molecule has 3 aromatic rings. The molecule has 1 aliphatic heterocycles. The van der Waals surface area contributed by atoms with Crippen LogP contribution in [0.2, 0.25) is 0 Å². The van der Waals surface area contributed by atoms with Crippen LogP contribution in [0.5, 0.6) is 11.5 Å². The molecular weight excluding hydrogens is 469 g/mol. The van der Waals surface area contributed by atoms with Crippen LogP contribution in [0.4, 0.5) is 18.9 Å². The first-order valence-corrected chi connectivity index (χ1v) is 12.3. The van der Waals surface area contributed by atoms with E-state index in [4.69, 9.17) is 0 Å². The molecule has 0 bridgehead atoms. The van der Waals surface area contributed by atoms with Crippen molar-refractivity contribution in [3.05, 3.63) is 53.5 Å². The maximum absolute atomic E-state index is 15.3. The van der Waals surface area contributed by atoms with Crippen molar-refractivity contribution in [1.82, 2.24) is 4.57 Å². The van der Waals surface area contributed by atoms with Crippen LogP contribution in [0.25, 0.3) is 10.9 Å². The topological polar surface area (TPSA) is 52.5 Å². The summed E-state index contributed by atoms with van der Waals surface area (Å²) < 4.78 is 53.3. The number of benzene rings is 2. The van der Waals surface area contributed by atoms with E-state index in [2.05, 4.69) is 60.0 Å². The fourth-order valence-electron chi connectivity index (χ4n) is 4.89. The number of fused-ring (bicyclic) bond motifs is 2.